The second-order valence-electron chi connectivity index (χ2n) is 7.45. The van der Waals surface area contributed by atoms with E-state index < -0.39 is 23.5 Å². The molecule has 35 heavy (non-hydrogen) atoms. The number of nitrogen functional groups attached to an aromatic ring is 1. The summed E-state index contributed by atoms with van der Waals surface area (Å²) in [4.78, 5) is 16.5. The van der Waals surface area contributed by atoms with Gasteiger partial charge in [0.1, 0.15) is 35.1 Å². The van der Waals surface area contributed by atoms with Crippen molar-refractivity contribution in [3.05, 3.63) is 60.4 Å². The highest BCUT2D eigenvalue weighted by molar-refractivity contribution is 6.32. The fourth-order valence-corrected chi connectivity index (χ4v) is 3.81. The van der Waals surface area contributed by atoms with E-state index in [0.717, 1.165) is 18.3 Å². The molecule has 12 heteroatoms. The normalized spacial score (nSPS) is 13.0. The molecule has 1 aromatic carbocycles. The summed E-state index contributed by atoms with van der Waals surface area (Å²) >= 11 is 0. The van der Waals surface area contributed by atoms with Gasteiger partial charge in [0, 0.05) is 23.4 Å². The third kappa shape index (κ3) is 4.50. The average molecular weight is 482 g/mol. The molecule has 0 spiro atoms. The van der Waals surface area contributed by atoms with Crippen molar-refractivity contribution in [3.63, 3.8) is 0 Å². The van der Waals surface area contributed by atoms with Crippen LogP contribution < -0.4 is 16.3 Å². The monoisotopic (exact) mass is 482 g/mol. The van der Waals surface area contributed by atoms with E-state index in [9.17, 15) is 13.2 Å². The number of aromatic nitrogens is 4. The van der Waals surface area contributed by atoms with E-state index in [-0.39, 0.29) is 23.1 Å². The zero-order valence-electron chi connectivity index (χ0n) is 18.8. The number of nitrogens with zero attached hydrogens (tertiary/aromatic N) is 6. The summed E-state index contributed by atoms with van der Waals surface area (Å²) in [5.74, 6) is 3.90. The van der Waals surface area contributed by atoms with Crippen LogP contribution in [0.5, 0.6) is 5.88 Å². The maximum absolute atomic E-state index is 14.1. The van der Waals surface area contributed by atoms with Crippen molar-refractivity contribution in [1.29, 1.82) is 0 Å². The Morgan fingerprint density at radius 3 is 2.63 bits per heavy atom. The third-order valence-electron chi connectivity index (χ3n) is 5.40. The first-order chi connectivity index (χ1) is 16.9. The number of pyridine rings is 1. The molecule has 0 bridgehead atoms. The van der Waals surface area contributed by atoms with Gasteiger partial charge in [-0.2, -0.15) is 5.10 Å². The molecule has 3 aromatic heterocycles. The van der Waals surface area contributed by atoms with Gasteiger partial charge in [0.05, 0.1) is 36.6 Å². The molecule has 1 atom stereocenters. The number of aliphatic imine (C=N–C) groups is 1. The van der Waals surface area contributed by atoms with E-state index in [1.807, 2.05) is 6.92 Å². The number of anilines is 1. The second-order valence-corrected chi connectivity index (χ2v) is 7.45. The van der Waals surface area contributed by atoms with Gasteiger partial charge >= 0.3 is 0 Å². The SMILES string of the molecule is CCC(C(C=Nc1ccc(F)cc1F)=NN)n1cc(-c2cc(F)cnc2OC)c2c(N)ncnc21. The van der Waals surface area contributed by atoms with Crippen molar-refractivity contribution in [3.8, 4) is 17.0 Å². The number of benzene rings is 1. The van der Waals surface area contributed by atoms with Crippen LogP contribution in [0.3, 0.4) is 0 Å². The number of hydrazone groups is 1. The highest BCUT2D eigenvalue weighted by Gasteiger charge is 2.24. The van der Waals surface area contributed by atoms with Crippen LogP contribution in [0.15, 0.2) is 53.1 Å². The fourth-order valence-electron chi connectivity index (χ4n) is 3.81. The number of nitrogens with two attached hydrogens (primary N) is 2. The summed E-state index contributed by atoms with van der Waals surface area (Å²) in [6.45, 7) is 1.88. The minimum Gasteiger partial charge on any atom is -0.481 e. The molecule has 9 nitrogen and oxygen atoms in total. The van der Waals surface area contributed by atoms with Crippen LogP contribution in [0.4, 0.5) is 24.7 Å². The molecule has 4 rings (SSSR count). The van der Waals surface area contributed by atoms with E-state index in [1.54, 1.807) is 10.8 Å². The Kier molecular flexibility index (Phi) is 6.62. The number of rotatable bonds is 7. The molecule has 0 saturated carbocycles. The summed E-state index contributed by atoms with van der Waals surface area (Å²) in [6.07, 6.45) is 5.80. The van der Waals surface area contributed by atoms with Crippen LogP contribution in [0, 0.1) is 17.5 Å². The highest BCUT2D eigenvalue weighted by atomic mass is 19.1. The van der Waals surface area contributed by atoms with E-state index in [2.05, 4.69) is 25.0 Å². The maximum Gasteiger partial charge on any atom is 0.221 e. The Hall–Kier alpha value is -4.48. The number of ether oxygens (including phenoxy) is 1. The van der Waals surface area contributed by atoms with E-state index in [0.29, 0.717) is 28.6 Å². The van der Waals surface area contributed by atoms with Gasteiger partial charge in [-0.05, 0) is 24.6 Å². The standard InChI is InChI=1S/C23H21F3N8O/c1-3-19(18(33-28)9-29-17-5-4-12(24)7-16(17)26)34-10-15(20-21(27)31-11-32-22(20)34)14-6-13(25)8-30-23(14)35-2/h4-11,19H,3,28H2,1-2H3,(H2,27,31,32). The summed E-state index contributed by atoms with van der Waals surface area (Å²) in [7, 11) is 1.42. The average Bonchev–Trinajstić information content (AvgIpc) is 3.23. The Bertz CT molecular complexity index is 1450. The number of hydrogen-bond acceptors (Lipinski definition) is 8. The minimum atomic E-state index is -0.828. The molecule has 0 saturated heterocycles. The summed E-state index contributed by atoms with van der Waals surface area (Å²) < 4.78 is 48.4. The Morgan fingerprint density at radius 2 is 1.94 bits per heavy atom. The molecular formula is C23H21F3N8O. The van der Waals surface area contributed by atoms with Crippen molar-refractivity contribution in [1.82, 2.24) is 19.5 Å². The van der Waals surface area contributed by atoms with Crippen molar-refractivity contribution in [2.45, 2.75) is 19.4 Å². The molecule has 0 fully saturated rings. The van der Waals surface area contributed by atoms with Gasteiger partial charge < -0.3 is 20.9 Å². The number of hydrogen-bond donors (Lipinski definition) is 2. The molecule has 3 heterocycles. The van der Waals surface area contributed by atoms with Crippen molar-refractivity contribution >= 4 is 34.5 Å². The smallest absolute Gasteiger partial charge is 0.221 e. The molecule has 4 aromatic rings. The highest BCUT2D eigenvalue weighted by Crippen LogP contribution is 2.38. The summed E-state index contributed by atoms with van der Waals surface area (Å²) in [5, 5.41) is 4.29. The van der Waals surface area contributed by atoms with Crippen LogP contribution in [0.25, 0.3) is 22.2 Å². The molecule has 4 N–H and O–H groups in total. The Labute approximate surface area is 198 Å². The van der Waals surface area contributed by atoms with E-state index >= 15 is 0 Å². The van der Waals surface area contributed by atoms with Crippen LogP contribution >= 0.6 is 0 Å². The van der Waals surface area contributed by atoms with E-state index in [4.69, 9.17) is 16.3 Å². The summed E-state index contributed by atoms with van der Waals surface area (Å²) in [5.41, 5.74) is 7.63. The van der Waals surface area contributed by atoms with Gasteiger partial charge in [-0.3, -0.25) is 4.99 Å². The molecule has 0 aliphatic carbocycles. The number of fused-ring (bicyclic) bond motifs is 1. The van der Waals surface area contributed by atoms with Gasteiger partial charge in [-0.15, -0.1) is 0 Å². The fraction of sp³-hybridized carbons (Fsp3) is 0.174. The quantitative estimate of drug-likeness (QED) is 0.231. The zero-order chi connectivity index (χ0) is 25.1. The lowest BCUT2D eigenvalue weighted by Gasteiger charge is -2.17. The Morgan fingerprint density at radius 1 is 1.14 bits per heavy atom. The molecular weight excluding hydrogens is 461 g/mol. The molecule has 1 unspecified atom stereocenters. The van der Waals surface area contributed by atoms with Crippen LogP contribution in [0.1, 0.15) is 19.4 Å². The predicted molar refractivity (Wildman–Crippen MR) is 127 cm³/mol. The molecule has 0 radical (unpaired) electrons. The van der Waals surface area contributed by atoms with Gasteiger partial charge in [0.2, 0.25) is 5.88 Å². The van der Waals surface area contributed by atoms with Crippen molar-refractivity contribution in [2.24, 2.45) is 15.9 Å². The second kappa shape index (κ2) is 9.79. The number of halogens is 3. The number of methoxy groups -OCH3 is 1. The molecule has 0 amide bonds. The third-order valence-corrected chi connectivity index (χ3v) is 5.40. The van der Waals surface area contributed by atoms with Gasteiger partial charge in [-0.25, -0.2) is 28.1 Å². The van der Waals surface area contributed by atoms with Crippen molar-refractivity contribution in [2.75, 3.05) is 12.8 Å². The molecule has 0 aliphatic rings. The van der Waals surface area contributed by atoms with Crippen LogP contribution in [-0.2, 0) is 0 Å². The topological polar surface area (TPSA) is 130 Å². The molecule has 180 valence electrons. The van der Waals surface area contributed by atoms with Gasteiger partial charge in [0.15, 0.2) is 5.82 Å². The first kappa shape index (κ1) is 23.7. The first-order valence-corrected chi connectivity index (χ1v) is 10.5. The zero-order valence-corrected chi connectivity index (χ0v) is 18.8. The van der Waals surface area contributed by atoms with Crippen LogP contribution in [0.2, 0.25) is 0 Å². The van der Waals surface area contributed by atoms with E-state index in [1.165, 1.54) is 31.8 Å². The lowest BCUT2D eigenvalue weighted by molar-refractivity contribution is 0.398. The lowest BCUT2D eigenvalue weighted by Crippen LogP contribution is -2.21. The Balaban J connectivity index is 1.86. The van der Waals surface area contributed by atoms with Crippen molar-refractivity contribution < 1.29 is 17.9 Å². The molecule has 0 aliphatic heterocycles. The minimum absolute atomic E-state index is 0.0809. The maximum atomic E-state index is 14.1. The lowest BCUT2D eigenvalue weighted by atomic mass is 10.1. The summed E-state index contributed by atoms with van der Waals surface area (Å²) in [6, 6.07) is 3.78. The first-order valence-electron chi connectivity index (χ1n) is 10.5. The largest absolute Gasteiger partial charge is 0.481 e. The van der Waals surface area contributed by atoms with Crippen LogP contribution in [-0.4, -0.2) is 38.6 Å². The van der Waals surface area contributed by atoms with Gasteiger partial charge in [-0.1, -0.05) is 6.92 Å². The van der Waals surface area contributed by atoms with Gasteiger partial charge in [0.25, 0.3) is 0 Å². The predicted octanol–water partition coefficient (Wildman–Crippen LogP) is 4.17.